The lowest BCUT2D eigenvalue weighted by Crippen LogP contribution is -2.19. The molecule has 2 saturated carbocycles. The lowest BCUT2D eigenvalue weighted by Gasteiger charge is -2.25. The van der Waals surface area contributed by atoms with Crippen LogP contribution in [0.5, 0.6) is 0 Å². The minimum atomic E-state index is -0.0262. The highest BCUT2D eigenvalue weighted by atomic mass is 16.3. The molecule has 0 saturated heterocycles. The number of hydrogen-bond acceptors (Lipinski definition) is 1. The van der Waals surface area contributed by atoms with Gasteiger partial charge in [-0.05, 0) is 61.7 Å². The molecule has 0 aliphatic heterocycles. The molecule has 0 spiro atoms. The molecular weight excluding hydrogens is 208 g/mol. The second-order valence-electron chi connectivity index (χ2n) is 7.78. The SMILES string of the molecule is CC(C)(C)CCCC(O)CC1CC2CCC1C2. The molecule has 100 valence electrons. The summed E-state index contributed by atoms with van der Waals surface area (Å²) in [5.41, 5.74) is 0.423. The van der Waals surface area contributed by atoms with Crippen LogP contribution in [0.3, 0.4) is 0 Å². The Morgan fingerprint density at radius 3 is 2.47 bits per heavy atom. The highest BCUT2D eigenvalue weighted by Crippen LogP contribution is 2.50. The summed E-state index contributed by atoms with van der Waals surface area (Å²) in [6.45, 7) is 6.86. The van der Waals surface area contributed by atoms with E-state index in [1.165, 1.54) is 38.5 Å². The summed E-state index contributed by atoms with van der Waals surface area (Å²) in [5.74, 6) is 2.85. The Morgan fingerprint density at radius 1 is 1.18 bits per heavy atom. The van der Waals surface area contributed by atoms with Gasteiger partial charge in [-0.1, -0.05) is 33.6 Å². The highest BCUT2D eigenvalue weighted by molar-refractivity contribution is 4.90. The van der Waals surface area contributed by atoms with E-state index in [1.807, 2.05) is 0 Å². The van der Waals surface area contributed by atoms with Crippen LogP contribution in [0.1, 0.15) is 72.1 Å². The molecular formula is C16H30O. The summed E-state index contributed by atoms with van der Waals surface area (Å²) < 4.78 is 0. The van der Waals surface area contributed by atoms with Crippen molar-refractivity contribution in [2.45, 2.75) is 78.2 Å². The number of aliphatic hydroxyl groups excluding tert-OH is 1. The van der Waals surface area contributed by atoms with Gasteiger partial charge in [-0.2, -0.15) is 0 Å². The first-order valence-corrected chi connectivity index (χ1v) is 7.62. The molecule has 0 aromatic carbocycles. The van der Waals surface area contributed by atoms with Crippen molar-refractivity contribution in [2.24, 2.45) is 23.2 Å². The predicted molar refractivity (Wildman–Crippen MR) is 72.9 cm³/mol. The number of hydrogen-bond donors (Lipinski definition) is 1. The molecule has 2 rings (SSSR count). The molecule has 1 N–H and O–H groups in total. The fourth-order valence-corrected chi connectivity index (χ4v) is 4.00. The van der Waals surface area contributed by atoms with Crippen molar-refractivity contribution in [3.8, 4) is 0 Å². The van der Waals surface area contributed by atoms with Crippen LogP contribution in [-0.2, 0) is 0 Å². The van der Waals surface area contributed by atoms with Gasteiger partial charge in [-0.15, -0.1) is 0 Å². The van der Waals surface area contributed by atoms with E-state index in [2.05, 4.69) is 20.8 Å². The van der Waals surface area contributed by atoms with Crippen molar-refractivity contribution in [1.29, 1.82) is 0 Å². The molecule has 0 amide bonds. The summed E-state index contributed by atoms with van der Waals surface area (Å²) >= 11 is 0. The van der Waals surface area contributed by atoms with Gasteiger partial charge in [-0.3, -0.25) is 0 Å². The monoisotopic (exact) mass is 238 g/mol. The molecule has 17 heavy (non-hydrogen) atoms. The van der Waals surface area contributed by atoms with Crippen molar-refractivity contribution < 1.29 is 5.11 Å². The van der Waals surface area contributed by atoms with E-state index < -0.39 is 0 Å². The third-order valence-electron chi connectivity index (χ3n) is 4.92. The number of rotatable bonds is 5. The van der Waals surface area contributed by atoms with E-state index in [0.29, 0.717) is 5.41 Å². The van der Waals surface area contributed by atoms with Gasteiger partial charge in [0.15, 0.2) is 0 Å². The summed E-state index contributed by atoms with van der Waals surface area (Å²) in [6.07, 6.45) is 10.3. The summed E-state index contributed by atoms with van der Waals surface area (Å²) in [5, 5.41) is 10.1. The molecule has 0 radical (unpaired) electrons. The molecule has 0 aromatic heterocycles. The second kappa shape index (κ2) is 5.30. The fourth-order valence-electron chi connectivity index (χ4n) is 4.00. The first-order chi connectivity index (χ1) is 7.94. The van der Waals surface area contributed by atoms with Crippen LogP contribution in [-0.4, -0.2) is 11.2 Å². The Hall–Kier alpha value is -0.0400. The van der Waals surface area contributed by atoms with Gasteiger partial charge < -0.3 is 5.11 Å². The molecule has 2 aliphatic carbocycles. The lowest BCUT2D eigenvalue weighted by molar-refractivity contribution is 0.111. The summed E-state index contributed by atoms with van der Waals surface area (Å²) in [4.78, 5) is 0. The normalized spacial score (nSPS) is 34.2. The largest absolute Gasteiger partial charge is 0.393 e. The summed E-state index contributed by atoms with van der Waals surface area (Å²) in [6, 6.07) is 0. The third kappa shape index (κ3) is 3.98. The summed E-state index contributed by atoms with van der Waals surface area (Å²) in [7, 11) is 0. The Balaban J connectivity index is 1.63. The van der Waals surface area contributed by atoms with E-state index in [-0.39, 0.29) is 6.10 Å². The molecule has 0 aromatic rings. The Morgan fingerprint density at radius 2 is 1.94 bits per heavy atom. The minimum Gasteiger partial charge on any atom is -0.393 e. The van der Waals surface area contributed by atoms with Crippen molar-refractivity contribution in [3.05, 3.63) is 0 Å². The predicted octanol–water partition coefficient (Wildman–Crippen LogP) is 4.39. The zero-order valence-electron chi connectivity index (χ0n) is 11.9. The maximum Gasteiger partial charge on any atom is 0.0543 e. The zero-order chi connectivity index (χ0) is 12.5. The Kier molecular flexibility index (Phi) is 4.18. The van der Waals surface area contributed by atoms with Crippen LogP contribution < -0.4 is 0 Å². The van der Waals surface area contributed by atoms with Crippen molar-refractivity contribution in [2.75, 3.05) is 0 Å². The molecule has 1 heteroatoms. The molecule has 4 unspecified atom stereocenters. The Labute approximate surface area is 107 Å². The highest BCUT2D eigenvalue weighted by Gasteiger charge is 2.39. The van der Waals surface area contributed by atoms with Crippen LogP contribution in [0, 0.1) is 23.2 Å². The van der Waals surface area contributed by atoms with E-state index in [1.54, 1.807) is 0 Å². The maximum absolute atomic E-state index is 10.1. The molecule has 1 nitrogen and oxygen atoms in total. The smallest absolute Gasteiger partial charge is 0.0543 e. The van der Waals surface area contributed by atoms with Crippen LogP contribution in [0.15, 0.2) is 0 Å². The van der Waals surface area contributed by atoms with Crippen LogP contribution in [0.2, 0.25) is 0 Å². The second-order valence-corrected chi connectivity index (χ2v) is 7.78. The fraction of sp³-hybridized carbons (Fsp3) is 1.00. The zero-order valence-corrected chi connectivity index (χ0v) is 11.9. The van der Waals surface area contributed by atoms with Gasteiger partial charge >= 0.3 is 0 Å². The van der Waals surface area contributed by atoms with Crippen LogP contribution >= 0.6 is 0 Å². The molecule has 4 atom stereocenters. The minimum absolute atomic E-state index is 0.0262. The molecule has 0 heterocycles. The van der Waals surface area contributed by atoms with E-state index in [9.17, 15) is 5.11 Å². The van der Waals surface area contributed by atoms with E-state index >= 15 is 0 Å². The van der Waals surface area contributed by atoms with Gasteiger partial charge in [0.25, 0.3) is 0 Å². The van der Waals surface area contributed by atoms with Gasteiger partial charge in [0.1, 0.15) is 0 Å². The van der Waals surface area contributed by atoms with Crippen molar-refractivity contribution in [1.82, 2.24) is 0 Å². The number of aliphatic hydroxyl groups is 1. The number of fused-ring (bicyclic) bond motifs is 2. The van der Waals surface area contributed by atoms with Gasteiger partial charge in [0.05, 0.1) is 6.10 Å². The van der Waals surface area contributed by atoms with Gasteiger partial charge in [0.2, 0.25) is 0 Å². The third-order valence-corrected chi connectivity index (χ3v) is 4.92. The first-order valence-electron chi connectivity index (χ1n) is 7.62. The van der Waals surface area contributed by atoms with E-state index in [4.69, 9.17) is 0 Å². The van der Waals surface area contributed by atoms with Crippen LogP contribution in [0.25, 0.3) is 0 Å². The first kappa shape index (κ1) is 13.4. The molecule has 2 aliphatic rings. The van der Waals surface area contributed by atoms with Gasteiger partial charge in [-0.25, -0.2) is 0 Å². The standard InChI is InChI=1S/C16H30O/c1-16(2,3)8-4-5-15(17)11-14-10-12-6-7-13(14)9-12/h12-15,17H,4-11H2,1-3H3. The quantitative estimate of drug-likeness (QED) is 0.753. The topological polar surface area (TPSA) is 20.2 Å². The van der Waals surface area contributed by atoms with Crippen LogP contribution in [0.4, 0.5) is 0 Å². The average Bonchev–Trinajstić information content (AvgIpc) is 2.76. The maximum atomic E-state index is 10.1. The Bertz CT molecular complexity index is 240. The van der Waals surface area contributed by atoms with Crippen molar-refractivity contribution in [3.63, 3.8) is 0 Å². The van der Waals surface area contributed by atoms with Crippen molar-refractivity contribution >= 4 is 0 Å². The molecule has 2 fully saturated rings. The molecule has 2 bridgehead atoms. The van der Waals surface area contributed by atoms with Gasteiger partial charge in [0, 0.05) is 0 Å². The lowest BCUT2D eigenvalue weighted by atomic mass is 9.83. The average molecular weight is 238 g/mol. The van der Waals surface area contributed by atoms with E-state index in [0.717, 1.165) is 30.6 Å².